The summed E-state index contributed by atoms with van der Waals surface area (Å²) in [7, 11) is 1.81. The first-order valence-corrected chi connectivity index (χ1v) is 5.63. The molecule has 6 heteroatoms. The van der Waals surface area contributed by atoms with Gasteiger partial charge in [0.05, 0.1) is 23.0 Å². The summed E-state index contributed by atoms with van der Waals surface area (Å²) in [6, 6.07) is -0.500. The molecule has 16 heavy (non-hydrogen) atoms. The second-order valence-electron chi connectivity index (χ2n) is 4.04. The minimum absolute atomic E-state index is 0.0187. The molecule has 1 fully saturated rings. The molecule has 0 amide bonds. The molecule has 1 aliphatic heterocycles. The van der Waals surface area contributed by atoms with Gasteiger partial charge in [0.1, 0.15) is 6.04 Å². The number of piperidine rings is 1. The molecule has 5 nitrogen and oxygen atoms in total. The molecule has 0 radical (unpaired) electrons. The van der Waals surface area contributed by atoms with Gasteiger partial charge >= 0.3 is 5.97 Å². The molecule has 2 rings (SSSR count). The summed E-state index contributed by atoms with van der Waals surface area (Å²) < 4.78 is 1.70. The van der Waals surface area contributed by atoms with Crippen molar-refractivity contribution in [3.63, 3.8) is 0 Å². The van der Waals surface area contributed by atoms with Crippen molar-refractivity contribution in [2.75, 3.05) is 0 Å². The summed E-state index contributed by atoms with van der Waals surface area (Å²) in [5, 5.41) is 16.7. The number of carboxylic acids is 1. The van der Waals surface area contributed by atoms with Crippen molar-refractivity contribution in [3.8, 4) is 0 Å². The number of hydrogen-bond acceptors (Lipinski definition) is 3. The van der Waals surface area contributed by atoms with Crippen LogP contribution in [0.5, 0.6) is 0 Å². The van der Waals surface area contributed by atoms with E-state index in [2.05, 4.69) is 10.4 Å². The van der Waals surface area contributed by atoms with Gasteiger partial charge in [0.25, 0.3) is 0 Å². The fourth-order valence-electron chi connectivity index (χ4n) is 2.16. The fourth-order valence-corrected chi connectivity index (χ4v) is 2.46. The van der Waals surface area contributed by atoms with Crippen molar-refractivity contribution < 1.29 is 9.90 Å². The first kappa shape index (κ1) is 11.4. The van der Waals surface area contributed by atoms with Gasteiger partial charge in [0.15, 0.2) is 0 Å². The number of nitrogens with zero attached hydrogens (tertiary/aromatic N) is 2. The lowest BCUT2D eigenvalue weighted by Crippen LogP contribution is -2.42. The zero-order valence-electron chi connectivity index (χ0n) is 8.98. The van der Waals surface area contributed by atoms with Crippen LogP contribution in [0, 0.1) is 0 Å². The number of carboxylic acid groups (broad SMARTS) is 1. The van der Waals surface area contributed by atoms with Crippen molar-refractivity contribution in [2.24, 2.45) is 7.05 Å². The molecule has 1 aromatic rings. The summed E-state index contributed by atoms with van der Waals surface area (Å²) in [6.45, 7) is 0. The standard InChI is InChI=1S/C10H14ClN3O2/c1-14-9(6(11)5-12-14)7-3-2-4-8(13-7)10(15)16/h5,7-8,13H,2-4H2,1H3,(H,15,16). The summed E-state index contributed by atoms with van der Waals surface area (Å²) in [6.07, 6.45) is 4.03. The molecule has 2 N–H and O–H groups in total. The van der Waals surface area contributed by atoms with E-state index < -0.39 is 12.0 Å². The van der Waals surface area contributed by atoms with Crippen LogP contribution in [0.1, 0.15) is 31.0 Å². The average molecular weight is 244 g/mol. The van der Waals surface area contributed by atoms with Gasteiger partial charge in [-0.1, -0.05) is 11.6 Å². The van der Waals surface area contributed by atoms with E-state index in [1.807, 2.05) is 7.05 Å². The van der Waals surface area contributed by atoms with Crippen LogP contribution in [-0.4, -0.2) is 26.9 Å². The highest BCUT2D eigenvalue weighted by molar-refractivity contribution is 6.31. The number of aliphatic carboxylic acids is 1. The normalized spacial score (nSPS) is 25.6. The van der Waals surface area contributed by atoms with Gasteiger partial charge in [-0.2, -0.15) is 5.10 Å². The summed E-state index contributed by atoms with van der Waals surface area (Å²) in [4.78, 5) is 10.9. The Hall–Kier alpha value is -1.07. The molecule has 0 aromatic carbocycles. The number of carbonyl (C=O) groups is 1. The van der Waals surface area contributed by atoms with E-state index >= 15 is 0 Å². The molecule has 0 aliphatic carbocycles. The molecule has 1 aliphatic rings. The van der Waals surface area contributed by atoms with Crippen LogP contribution in [0.15, 0.2) is 6.20 Å². The Labute approximate surface area is 98.4 Å². The van der Waals surface area contributed by atoms with Gasteiger partial charge in [-0.05, 0) is 19.3 Å². The maximum absolute atomic E-state index is 10.9. The molecule has 2 atom stereocenters. The van der Waals surface area contributed by atoms with Crippen LogP contribution in [0.4, 0.5) is 0 Å². The number of aromatic nitrogens is 2. The van der Waals surface area contributed by atoms with E-state index in [9.17, 15) is 4.79 Å². The Morgan fingerprint density at radius 1 is 1.69 bits per heavy atom. The highest BCUT2D eigenvalue weighted by atomic mass is 35.5. The van der Waals surface area contributed by atoms with Crippen LogP contribution in [0.3, 0.4) is 0 Å². The molecule has 88 valence electrons. The molecule has 0 saturated carbocycles. The minimum atomic E-state index is -0.803. The Kier molecular flexibility index (Phi) is 3.16. The highest BCUT2D eigenvalue weighted by Crippen LogP contribution is 2.29. The Bertz CT molecular complexity index is 385. The number of halogens is 1. The zero-order valence-corrected chi connectivity index (χ0v) is 9.74. The number of aryl methyl sites for hydroxylation is 1. The largest absolute Gasteiger partial charge is 0.480 e. The molecule has 2 heterocycles. The van der Waals surface area contributed by atoms with Gasteiger partial charge in [-0.3, -0.25) is 14.8 Å². The third-order valence-electron chi connectivity index (χ3n) is 2.95. The van der Waals surface area contributed by atoms with Gasteiger partial charge in [-0.15, -0.1) is 0 Å². The van der Waals surface area contributed by atoms with E-state index in [-0.39, 0.29) is 6.04 Å². The molecular formula is C10H14ClN3O2. The lowest BCUT2D eigenvalue weighted by Gasteiger charge is -2.28. The lowest BCUT2D eigenvalue weighted by molar-refractivity contribution is -0.140. The number of rotatable bonds is 2. The summed E-state index contributed by atoms with van der Waals surface area (Å²) in [5.74, 6) is -0.803. The molecule has 0 spiro atoms. The Morgan fingerprint density at radius 2 is 2.44 bits per heavy atom. The smallest absolute Gasteiger partial charge is 0.320 e. The number of hydrogen-bond donors (Lipinski definition) is 2. The van der Waals surface area contributed by atoms with Gasteiger partial charge in [0, 0.05) is 7.05 Å². The van der Waals surface area contributed by atoms with Gasteiger partial charge in [-0.25, -0.2) is 0 Å². The van der Waals surface area contributed by atoms with Crippen molar-refractivity contribution in [3.05, 3.63) is 16.9 Å². The monoisotopic (exact) mass is 243 g/mol. The highest BCUT2D eigenvalue weighted by Gasteiger charge is 2.29. The molecule has 2 unspecified atom stereocenters. The SMILES string of the molecule is Cn1ncc(Cl)c1C1CCCC(C(=O)O)N1. The first-order chi connectivity index (χ1) is 7.59. The maximum atomic E-state index is 10.9. The van der Waals surface area contributed by atoms with E-state index in [1.165, 1.54) is 0 Å². The second kappa shape index (κ2) is 4.43. The van der Waals surface area contributed by atoms with Crippen LogP contribution in [0.25, 0.3) is 0 Å². The Morgan fingerprint density at radius 3 is 3.00 bits per heavy atom. The molecule has 1 saturated heterocycles. The third kappa shape index (κ3) is 2.05. The second-order valence-corrected chi connectivity index (χ2v) is 4.45. The van der Waals surface area contributed by atoms with Crippen molar-refractivity contribution in [1.29, 1.82) is 0 Å². The third-order valence-corrected chi connectivity index (χ3v) is 3.24. The average Bonchev–Trinajstić information content (AvgIpc) is 2.59. The molecule has 0 bridgehead atoms. The van der Waals surface area contributed by atoms with E-state index in [0.29, 0.717) is 11.4 Å². The minimum Gasteiger partial charge on any atom is -0.480 e. The van der Waals surface area contributed by atoms with Crippen molar-refractivity contribution >= 4 is 17.6 Å². The summed E-state index contributed by atoms with van der Waals surface area (Å²) >= 11 is 6.03. The predicted octanol–water partition coefficient (Wildman–Crippen LogP) is 1.34. The number of nitrogens with one attached hydrogen (secondary N) is 1. The first-order valence-electron chi connectivity index (χ1n) is 5.26. The maximum Gasteiger partial charge on any atom is 0.320 e. The lowest BCUT2D eigenvalue weighted by atomic mass is 9.96. The van der Waals surface area contributed by atoms with Gasteiger partial charge < -0.3 is 5.11 Å². The molecular weight excluding hydrogens is 230 g/mol. The van der Waals surface area contributed by atoms with Crippen LogP contribution in [0.2, 0.25) is 5.02 Å². The van der Waals surface area contributed by atoms with E-state index in [1.54, 1.807) is 10.9 Å². The quantitative estimate of drug-likeness (QED) is 0.823. The zero-order chi connectivity index (χ0) is 11.7. The van der Waals surface area contributed by atoms with Gasteiger partial charge in [0.2, 0.25) is 0 Å². The topological polar surface area (TPSA) is 67.2 Å². The van der Waals surface area contributed by atoms with Crippen LogP contribution >= 0.6 is 11.6 Å². The van der Waals surface area contributed by atoms with Crippen LogP contribution in [-0.2, 0) is 11.8 Å². The molecule has 1 aromatic heterocycles. The predicted molar refractivity (Wildman–Crippen MR) is 59.4 cm³/mol. The Balaban J connectivity index is 2.19. The van der Waals surface area contributed by atoms with Crippen LogP contribution < -0.4 is 5.32 Å². The van der Waals surface area contributed by atoms with E-state index in [0.717, 1.165) is 18.5 Å². The van der Waals surface area contributed by atoms with Crippen molar-refractivity contribution in [1.82, 2.24) is 15.1 Å². The summed E-state index contributed by atoms with van der Waals surface area (Å²) in [5.41, 5.74) is 0.868. The fraction of sp³-hybridized carbons (Fsp3) is 0.600. The van der Waals surface area contributed by atoms with E-state index in [4.69, 9.17) is 16.7 Å². The van der Waals surface area contributed by atoms with Crippen molar-refractivity contribution in [2.45, 2.75) is 31.3 Å².